The van der Waals surface area contributed by atoms with E-state index in [1.807, 2.05) is 19.0 Å². The lowest BCUT2D eigenvalue weighted by Gasteiger charge is -2.21. The maximum absolute atomic E-state index is 12.4. The van der Waals surface area contributed by atoms with Gasteiger partial charge in [-0.3, -0.25) is 9.59 Å². The molecule has 5 heteroatoms. The zero-order chi connectivity index (χ0) is 33.8. The maximum Gasteiger partial charge on any atom is 0.306 e. The molecule has 0 aromatic rings. The highest BCUT2D eigenvalue weighted by Crippen LogP contribution is 2.11. The Hall–Kier alpha value is -1.98. The molecule has 0 bridgehead atoms. The van der Waals surface area contributed by atoms with Crippen LogP contribution >= 0.6 is 0 Å². The molecular formula is C41H73NO4. The molecule has 0 aliphatic heterocycles. The molecule has 0 aliphatic carbocycles. The minimum atomic E-state index is -0.427. The van der Waals surface area contributed by atoms with Gasteiger partial charge in [0.25, 0.3) is 0 Å². The van der Waals surface area contributed by atoms with E-state index in [9.17, 15) is 9.59 Å². The van der Waals surface area contributed by atoms with E-state index in [2.05, 4.69) is 37.5 Å². The van der Waals surface area contributed by atoms with E-state index >= 15 is 0 Å². The molecule has 266 valence electrons. The highest BCUT2D eigenvalue weighted by Gasteiger charge is 2.18. The van der Waals surface area contributed by atoms with Crippen molar-refractivity contribution in [2.24, 2.45) is 0 Å². The number of carbonyl (C=O) groups is 2. The van der Waals surface area contributed by atoms with Crippen LogP contribution in [0.15, 0.2) is 0 Å². The summed E-state index contributed by atoms with van der Waals surface area (Å²) in [6, 6.07) is 0. The third-order valence-electron chi connectivity index (χ3n) is 8.22. The lowest BCUT2D eigenvalue weighted by molar-refractivity contribution is -0.160. The smallest absolute Gasteiger partial charge is 0.306 e. The normalized spacial score (nSPS) is 11.4. The SMILES string of the molecule is CCCCCCCCC#CCCCCCCCC(=O)OCC(CN(C)C)OC(=O)CCCCCCCC#CCCCCCCCC. The van der Waals surface area contributed by atoms with Crippen LogP contribution in [0.5, 0.6) is 0 Å². The standard InChI is InChI=1S/C41H73NO4/c1-5-7-9-11-13-15-17-19-21-23-25-27-29-31-33-35-40(43)45-38-39(37-42(3)4)46-41(44)36-34-32-30-28-26-24-22-20-18-16-14-12-10-8-6-2/h39H,5-18,23-38H2,1-4H3. The lowest BCUT2D eigenvalue weighted by Crippen LogP contribution is -2.34. The Kier molecular flexibility index (Phi) is 34.3. The van der Waals surface area contributed by atoms with Gasteiger partial charge in [0.2, 0.25) is 0 Å². The van der Waals surface area contributed by atoms with Gasteiger partial charge < -0.3 is 14.4 Å². The van der Waals surface area contributed by atoms with Crippen LogP contribution in [0.3, 0.4) is 0 Å². The number of hydrogen-bond acceptors (Lipinski definition) is 5. The van der Waals surface area contributed by atoms with Gasteiger partial charge in [0.1, 0.15) is 12.7 Å². The predicted octanol–water partition coefficient (Wildman–Crippen LogP) is 11.0. The molecule has 0 aromatic carbocycles. The average Bonchev–Trinajstić information content (AvgIpc) is 3.03. The highest BCUT2D eigenvalue weighted by molar-refractivity contribution is 5.70. The zero-order valence-corrected chi connectivity index (χ0v) is 30.9. The molecule has 1 atom stereocenters. The van der Waals surface area contributed by atoms with Crippen LogP contribution < -0.4 is 0 Å². The van der Waals surface area contributed by atoms with Crippen LogP contribution in [0.4, 0.5) is 0 Å². The molecule has 0 amide bonds. The van der Waals surface area contributed by atoms with Crippen LogP contribution in [0.25, 0.3) is 0 Å². The van der Waals surface area contributed by atoms with Crippen LogP contribution in [0.2, 0.25) is 0 Å². The lowest BCUT2D eigenvalue weighted by atomic mass is 10.1. The summed E-state index contributed by atoms with van der Waals surface area (Å²) in [7, 11) is 3.87. The van der Waals surface area contributed by atoms with Gasteiger partial charge in [0.15, 0.2) is 0 Å². The molecule has 0 saturated carbocycles. The Morgan fingerprint density at radius 3 is 1.24 bits per heavy atom. The fourth-order valence-corrected chi connectivity index (χ4v) is 5.40. The van der Waals surface area contributed by atoms with E-state index in [0.717, 1.165) is 89.9 Å². The molecule has 0 fully saturated rings. The second kappa shape index (κ2) is 35.9. The summed E-state index contributed by atoms with van der Waals surface area (Å²) >= 11 is 0. The third kappa shape index (κ3) is 34.9. The first-order valence-corrected chi connectivity index (χ1v) is 19.4. The van der Waals surface area contributed by atoms with Crippen molar-refractivity contribution in [1.29, 1.82) is 0 Å². The Labute approximate surface area is 286 Å². The topological polar surface area (TPSA) is 55.8 Å². The molecular weight excluding hydrogens is 570 g/mol. The van der Waals surface area contributed by atoms with E-state index in [1.165, 1.54) is 77.0 Å². The second-order valence-corrected chi connectivity index (χ2v) is 13.3. The number of rotatable bonds is 31. The van der Waals surface area contributed by atoms with E-state index in [4.69, 9.17) is 9.47 Å². The number of hydrogen-bond donors (Lipinski definition) is 0. The van der Waals surface area contributed by atoms with E-state index in [0.29, 0.717) is 19.4 Å². The van der Waals surface area contributed by atoms with Crippen molar-refractivity contribution in [2.75, 3.05) is 27.2 Å². The number of esters is 2. The molecule has 0 radical (unpaired) electrons. The third-order valence-corrected chi connectivity index (χ3v) is 8.22. The van der Waals surface area contributed by atoms with Gasteiger partial charge >= 0.3 is 11.9 Å². The summed E-state index contributed by atoms with van der Waals surface area (Å²) in [6.07, 6.45) is 30.9. The fourth-order valence-electron chi connectivity index (χ4n) is 5.40. The van der Waals surface area contributed by atoms with Crippen molar-refractivity contribution in [3.8, 4) is 23.7 Å². The van der Waals surface area contributed by atoms with E-state index in [-0.39, 0.29) is 18.5 Å². The van der Waals surface area contributed by atoms with Crippen molar-refractivity contribution in [2.45, 2.75) is 200 Å². The van der Waals surface area contributed by atoms with Crippen molar-refractivity contribution >= 4 is 11.9 Å². The zero-order valence-electron chi connectivity index (χ0n) is 30.9. The minimum absolute atomic E-state index is 0.125. The van der Waals surface area contributed by atoms with Gasteiger partial charge in [-0.1, -0.05) is 117 Å². The highest BCUT2D eigenvalue weighted by atomic mass is 16.6. The Morgan fingerprint density at radius 2 is 0.848 bits per heavy atom. The minimum Gasteiger partial charge on any atom is -0.462 e. The largest absolute Gasteiger partial charge is 0.462 e. The molecule has 46 heavy (non-hydrogen) atoms. The second-order valence-electron chi connectivity index (χ2n) is 13.3. The summed E-state index contributed by atoms with van der Waals surface area (Å²) in [4.78, 5) is 26.7. The number of likely N-dealkylation sites (N-methyl/N-ethyl adjacent to an activating group) is 1. The maximum atomic E-state index is 12.4. The molecule has 0 heterocycles. The van der Waals surface area contributed by atoms with Gasteiger partial charge in [-0.25, -0.2) is 0 Å². The first-order valence-electron chi connectivity index (χ1n) is 19.4. The number of unbranched alkanes of at least 4 members (excludes halogenated alkanes) is 22. The number of ether oxygens (including phenoxy) is 2. The van der Waals surface area contributed by atoms with Crippen molar-refractivity contribution in [3.05, 3.63) is 0 Å². The predicted molar refractivity (Wildman–Crippen MR) is 196 cm³/mol. The van der Waals surface area contributed by atoms with E-state index in [1.54, 1.807) is 0 Å². The molecule has 5 nitrogen and oxygen atoms in total. The summed E-state index contributed by atoms with van der Waals surface area (Å²) in [6.45, 7) is 5.18. The van der Waals surface area contributed by atoms with Gasteiger partial charge in [0, 0.05) is 45.1 Å². The molecule has 0 saturated heterocycles. The Morgan fingerprint density at radius 1 is 0.500 bits per heavy atom. The van der Waals surface area contributed by atoms with Gasteiger partial charge in [0.05, 0.1) is 0 Å². The van der Waals surface area contributed by atoms with Crippen LogP contribution in [0, 0.1) is 23.7 Å². The quantitative estimate of drug-likeness (QED) is 0.0427. The molecule has 0 aromatic heterocycles. The fraction of sp³-hybridized carbons (Fsp3) is 0.854. The first-order chi connectivity index (χ1) is 22.5. The molecule has 0 aliphatic rings. The molecule has 0 N–H and O–H groups in total. The van der Waals surface area contributed by atoms with Crippen molar-refractivity contribution in [3.63, 3.8) is 0 Å². The van der Waals surface area contributed by atoms with Crippen LogP contribution in [-0.2, 0) is 19.1 Å². The summed E-state index contributed by atoms with van der Waals surface area (Å²) < 4.78 is 11.2. The van der Waals surface area contributed by atoms with Gasteiger partial charge in [-0.2, -0.15) is 0 Å². The van der Waals surface area contributed by atoms with Crippen molar-refractivity contribution < 1.29 is 19.1 Å². The van der Waals surface area contributed by atoms with Crippen molar-refractivity contribution in [1.82, 2.24) is 4.90 Å². The molecule has 0 spiro atoms. The van der Waals surface area contributed by atoms with Gasteiger partial charge in [-0.15, -0.1) is 23.7 Å². The van der Waals surface area contributed by atoms with E-state index < -0.39 is 6.10 Å². The first kappa shape index (κ1) is 44.0. The summed E-state index contributed by atoms with van der Waals surface area (Å²) in [5, 5.41) is 0. The Balaban J connectivity index is 3.81. The average molecular weight is 644 g/mol. The monoisotopic (exact) mass is 644 g/mol. The summed E-state index contributed by atoms with van der Waals surface area (Å²) in [5.41, 5.74) is 0. The van der Waals surface area contributed by atoms with Crippen LogP contribution in [-0.4, -0.2) is 50.2 Å². The molecule has 0 rings (SSSR count). The van der Waals surface area contributed by atoms with Gasteiger partial charge in [-0.05, 0) is 52.6 Å². The Bertz CT molecular complexity index is 816. The number of carbonyl (C=O) groups excluding carboxylic acids is 2. The molecule has 1 unspecified atom stereocenters. The summed E-state index contributed by atoms with van der Waals surface area (Å²) in [5.74, 6) is 12.9. The van der Waals surface area contributed by atoms with Crippen LogP contribution in [0.1, 0.15) is 194 Å². The number of nitrogens with zero attached hydrogens (tertiary/aromatic N) is 1.